The fourth-order valence-electron chi connectivity index (χ4n) is 1.45. The van der Waals surface area contributed by atoms with Gasteiger partial charge in [-0.1, -0.05) is 0 Å². The van der Waals surface area contributed by atoms with Gasteiger partial charge in [0.2, 0.25) is 0 Å². The number of nitrogens with zero attached hydrogens (tertiary/aromatic N) is 3. The lowest BCUT2D eigenvalue weighted by Gasteiger charge is -2.01. The Morgan fingerprint density at radius 3 is 2.56 bits per heavy atom. The van der Waals surface area contributed by atoms with Gasteiger partial charge in [-0.3, -0.25) is 14.6 Å². The molecule has 2 aromatic rings. The largest absolute Gasteiger partial charge is 0.354 e. The average molecular weight is 244 g/mol. The first-order chi connectivity index (χ1) is 8.61. The number of ketones is 1. The summed E-state index contributed by atoms with van der Waals surface area (Å²) in [4.78, 5) is 26.5. The molecule has 0 saturated carbocycles. The summed E-state index contributed by atoms with van der Waals surface area (Å²) in [6.45, 7) is 1.46. The van der Waals surface area contributed by atoms with E-state index in [1.807, 2.05) is 0 Å². The minimum atomic E-state index is -0.248. The maximum absolute atomic E-state index is 11.4. The Labute approximate surface area is 104 Å². The molecule has 6 heteroatoms. The highest BCUT2D eigenvalue weighted by Crippen LogP contribution is 2.07. The van der Waals surface area contributed by atoms with Crippen LogP contribution in [0.25, 0.3) is 5.69 Å². The first-order valence-corrected chi connectivity index (χ1v) is 5.37. The highest BCUT2D eigenvalue weighted by molar-refractivity contribution is 5.92. The third-order valence-corrected chi connectivity index (χ3v) is 2.42. The first kappa shape index (κ1) is 12.0. The smallest absolute Gasteiger partial charge is 0.271 e. The van der Waals surface area contributed by atoms with Crippen LogP contribution in [0.4, 0.5) is 0 Å². The van der Waals surface area contributed by atoms with Crippen molar-refractivity contribution >= 4 is 11.7 Å². The fraction of sp³-hybridized carbons (Fsp3) is 0.167. The molecular formula is C12H12N4O2. The molecule has 0 atom stereocenters. The van der Waals surface area contributed by atoms with Crippen molar-refractivity contribution < 1.29 is 9.59 Å². The van der Waals surface area contributed by atoms with Gasteiger partial charge in [0.05, 0.1) is 11.9 Å². The predicted octanol–water partition coefficient (Wildman–Crippen LogP) is 0.830. The van der Waals surface area contributed by atoms with Crippen LogP contribution in [0.5, 0.6) is 0 Å². The molecule has 0 saturated heterocycles. The average Bonchev–Trinajstić information content (AvgIpc) is 2.87. The van der Waals surface area contributed by atoms with E-state index in [0.717, 1.165) is 0 Å². The van der Waals surface area contributed by atoms with E-state index in [2.05, 4.69) is 15.4 Å². The summed E-state index contributed by atoms with van der Waals surface area (Å²) in [5, 5.41) is 6.60. The SMILES string of the molecule is CNC(=O)c1ccn(-c2ccc(C(C)=O)nc2)n1. The maximum Gasteiger partial charge on any atom is 0.271 e. The van der Waals surface area contributed by atoms with Crippen LogP contribution in [0.3, 0.4) is 0 Å². The number of aromatic nitrogens is 3. The molecule has 0 bridgehead atoms. The number of carbonyl (C=O) groups is 2. The summed E-state index contributed by atoms with van der Waals surface area (Å²) in [5.41, 5.74) is 1.42. The highest BCUT2D eigenvalue weighted by Gasteiger charge is 2.08. The maximum atomic E-state index is 11.4. The van der Waals surface area contributed by atoms with Crippen molar-refractivity contribution in [2.75, 3.05) is 7.05 Å². The van der Waals surface area contributed by atoms with Crippen LogP contribution in [0.2, 0.25) is 0 Å². The van der Waals surface area contributed by atoms with Crippen molar-refractivity contribution in [3.8, 4) is 5.69 Å². The van der Waals surface area contributed by atoms with E-state index in [1.54, 1.807) is 31.4 Å². The molecule has 0 aliphatic heterocycles. The molecule has 92 valence electrons. The molecule has 0 aliphatic carbocycles. The van der Waals surface area contributed by atoms with Crippen molar-refractivity contribution in [3.63, 3.8) is 0 Å². The lowest BCUT2D eigenvalue weighted by atomic mass is 10.2. The number of pyridine rings is 1. The van der Waals surface area contributed by atoms with Crippen molar-refractivity contribution in [1.82, 2.24) is 20.1 Å². The minimum absolute atomic E-state index is 0.0898. The Balaban J connectivity index is 2.29. The molecule has 1 N–H and O–H groups in total. The normalized spacial score (nSPS) is 10.1. The van der Waals surface area contributed by atoms with Gasteiger partial charge in [0.25, 0.3) is 5.91 Å². The third kappa shape index (κ3) is 2.27. The van der Waals surface area contributed by atoms with Gasteiger partial charge in [-0.05, 0) is 18.2 Å². The molecule has 0 unspecified atom stereocenters. The molecular weight excluding hydrogens is 232 g/mol. The standard InChI is InChI=1S/C12H12N4O2/c1-8(17)10-4-3-9(7-14-10)16-6-5-11(15-16)12(18)13-2/h3-7H,1-2H3,(H,13,18). The van der Waals surface area contributed by atoms with Gasteiger partial charge in [-0.15, -0.1) is 0 Å². The summed E-state index contributed by atoms with van der Waals surface area (Å²) in [7, 11) is 1.55. The molecule has 0 aliphatic rings. The van der Waals surface area contributed by atoms with Gasteiger partial charge in [-0.25, -0.2) is 4.68 Å². The fourth-order valence-corrected chi connectivity index (χ4v) is 1.45. The van der Waals surface area contributed by atoms with Crippen molar-refractivity contribution in [1.29, 1.82) is 0 Å². The van der Waals surface area contributed by atoms with Crippen LogP contribution in [-0.2, 0) is 0 Å². The molecule has 0 spiro atoms. The number of rotatable bonds is 3. The van der Waals surface area contributed by atoms with Crippen LogP contribution in [0.1, 0.15) is 27.9 Å². The van der Waals surface area contributed by atoms with Gasteiger partial charge in [-0.2, -0.15) is 5.10 Å². The summed E-state index contributed by atoms with van der Waals surface area (Å²) >= 11 is 0. The van der Waals surface area contributed by atoms with Crippen LogP contribution < -0.4 is 5.32 Å². The second kappa shape index (κ2) is 4.79. The van der Waals surface area contributed by atoms with Gasteiger partial charge >= 0.3 is 0 Å². The number of hydrogen-bond acceptors (Lipinski definition) is 4. The van der Waals surface area contributed by atoms with Crippen LogP contribution in [0, 0.1) is 0 Å². The van der Waals surface area contributed by atoms with E-state index >= 15 is 0 Å². The molecule has 0 radical (unpaired) electrons. The number of carbonyl (C=O) groups excluding carboxylic acids is 2. The Kier molecular flexibility index (Phi) is 3.18. The molecule has 2 rings (SSSR count). The topological polar surface area (TPSA) is 76.9 Å². The van der Waals surface area contributed by atoms with Crippen molar-refractivity contribution in [2.45, 2.75) is 6.92 Å². The van der Waals surface area contributed by atoms with Crippen molar-refractivity contribution in [2.24, 2.45) is 0 Å². The molecule has 0 aromatic carbocycles. The molecule has 1 amide bonds. The monoisotopic (exact) mass is 244 g/mol. The highest BCUT2D eigenvalue weighted by atomic mass is 16.1. The van der Waals surface area contributed by atoms with Crippen molar-refractivity contribution in [3.05, 3.63) is 42.0 Å². The number of nitrogens with one attached hydrogen (secondary N) is 1. The Morgan fingerprint density at radius 1 is 1.22 bits per heavy atom. The number of hydrogen-bond donors (Lipinski definition) is 1. The summed E-state index contributed by atoms with van der Waals surface area (Å²) in [6, 6.07) is 4.96. The van der Waals surface area contributed by atoms with E-state index < -0.39 is 0 Å². The molecule has 0 fully saturated rings. The molecule has 2 aromatic heterocycles. The first-order valence-electron chi connectivity index (χ1n) is 5.37. The zero-order chi connectivity index (χ0) is 13.1. The van der Waals surface area contributed by atoms with E-state index in [4.69, 9.17) is 0 Å². The third-order valence-electron chi connectivity index (χ3n) is 2.42. The summed E-state index contributed by atoms with van der Waals surface area (Å²) in [5.74, 6) is -0.338. The minimum Gasteiger partial charge on any atom is -0.354 e. The second-order valence-corrected chi connectivity index (χ2v) is 3.68. The van der Waals surface area contributed by atoms with Gasteiger partial charge in [0, 0.05) is 20.2 Å². The van der Waals surface area contributed by atoms with Gasteiger partial charge in [0.1, 0.15) is 5.69 Å². The summed E-state index contributed by atoms with van der Waals surface area (Å²) in [6.07, 6.45) is 3.20. The zero-order valence-electron chi connectivity index (χ0n) is 10.0. The Morgan fingerprint density at radius 2 is 2.00 bits per heavy atom. The zero-order valence-corrected chi connectivity index (χ0v) is 10.0. The van der Waals surface area contributed by atoms with Crippen LogP contribution >= 0.6 is 0 Å². The van der Waals surface area contributed by atoms with E-state index in [1.165, 1.54) is 17.8 Å². The van der Waals surface area contributed by atoms with E-state index in [9.17, 15) is 9.59 Å². The lowest BCUT2D eigenvalue weighted by Crippen LogP contribution is -2.18. The molecule has 2 heterocycles. The Bertz CT molecular complexity index is 586. The van der Waals surface area contributed by atoms with Gasteiger partial charge < -0.3 is 5.32 Å². The lowest BCUT2D eigenvalue weighted by molar-refractivity contribution is 0.0956. The number of amides is 1. The molecule has 18 heavy (non-hydrogen) atoms. The quantitative estimate of drug-likeness (QED) is 0.811. The van der Waals surface area contributed by atoms with Gasteiger partial charge in [0.15, 0.2) is 11.5 Å². The second-order valence-electron chi connectivity index (χ2n) is 3.68. The number of Topliss-reactive ketones (excluding diaryl/α,β-unsaturated/α-hetero) is 1. The van der Waals surface area contributed by atoms with Crippen LogP contribution in [-0.4, -0.2) is 33.5 Å². The summed E-state index contributed by atoms with van der Waals surface area (Å²) < 4.78 is 1.53. The van der Waals surface area contributed by atoms with Crippen LogP contribution in [0.15, 0.2) is 30.6 Å². The van der Waals surface area contributed by atoms with E-state index in [0.29, 0.717) is 17.1 Å². The Hall–Kier alpha value is -2.50. The molecule has 6 nitrogen and oxygen atoms in total. The predicted molar refractivity (Wildman–Crippen MR) is 64.8 cm³/mol. The van der Waals surface area contributed by atoms with E-state index in [-0.39, 0.29) is 11.7 Å².